The Morgan fingerprint density at radius 1 is 0.0600 bits per heavy atom. The normalized spacial score (nSPS) is 11.2. The van der Waals surface area contributed by atoms with Gasteiger partial charge in [-0.2, -0.15) is 0 Å². The highest BCUT2D eigenvalue weighted by Crippen LogP contribution is 2.54. The van der Waals surface area contributed by atoms with E-state index in [1.807, 2.05) is 0 Å². The molecular formula is C150H102. The third-order valence-electron chi connectivity index (χ3n) is 29.8. The van der Waals surface area contributed by atoms with Crippen LogP contribution in [-0.2, 0) is 0 Å². The van der Waals surface area contributed by atoms with E-state index in [-0.39, 0.29) is 0 Å². The third-order valence-corrected chi connectivity index (χ3v) is 29.8. The van der Waals surface area contributed by atoms with Crippen LogP contribution in [0.1, 0.15) is 0 Å². The summed E-state index contributed by atoms with van der Waals surface area (Å²) < 4.78 is 0. The van der Waals surface area contributed by atoms with Crippen molar-refractivity contribution in [2.75, 3.05) is 0 Å². The van der Waals surface area contributed by atoms with Crippen LogP contribution < -0.4 is 0 Å². The highest BCUT2D eigenvalue weighted by molar-refractivity contribution is 6.28. The molecule has 0 N–H and O–H groups in total. The smallest absolute Gasteiger partial charge is 0.00201 e. The molecule has 28 aromatic carbocycles. The lowest BCUT2D eigenvalue weighted by molar-refractivity contribution is 1.60. The fourth-order valence-corrected chi connectivity index (χ4v) is 23.2. The first-order chi connectivity index (χ1) is 74.6. The fraction of sp³-hybridized carbons (Fsp3) is 0. The van der Waals surface area contributed by atoms with Crippen molar-refractivity contribution < 1.29 is 0 Å². The number of fused-ring (bicyclic) bond motifs is 9. The summed E-state index contributed by atoms with van der Waals surface area (Å²) in [6.07, 6.45) is 0. The second-order valence-corrected chi connectivity index (χ2v) is 38.3. The van der Waals surface area contributed by atoms with Gasteiger partial charge in [-0.25, -0.2) is 0 Å². The molecule has 0 heteroatoms. The molecule has 0 aliphatic carbocycles. The second-order valence-electron chi connectivity index (χ2n) is 38.3. The molecule has 0 bridgehead atoms. The van der Waals surface area contributed by atoms with Crippen LogP contribution in [0.4, 0.5) is 0 Å². The topological polar surface area (TPSA) is 0 Å². The van der Waals surface area contributed by atoms with Crippen LogP contribution in [0.25, 0.3) is 264 Å². The zero-order valence-electron chi connectivity index (χ0n) is 82.9. The second kappa shape index (κ2) is 41.7. The van der Waals surface area contributed by atoms with Gasteiger partial charge >= 0.3 is 0 Å². The Balaban J connectivity index is 0.000000104. The molecule has 0 radical (unpaired) electrons. The monoisotopic (exact) mass is 1900 g/mol. The molecule has 0 aliphatic rings. The molecule has 0 unspecified atom stereocenters. The zero-order chi connectivity index (χ0) is 99.8. The van der Waals surface area contributed by atoms with Gasteiger partial charge in [0, 0.05) is 0 Å². The number of hydrogen-bond donors (Lipinski definition) is 0. The summed E-state index contributed by atoms with van der Waals surface area (Å²) >= 11 is 0. The fourth-order valence-electron chi connectivity index (χ4n) is 23.2. The highest BCUT2D eigenvalue weighted by Gasteiger charge is 2.27. The first kappa shape index (κ1) is 91.7. The van der Waals surface area contributed by atoms with E-state index in [9.17, 15) is 0 Å². The van der Waals surface area contributed by atoms with Crippen molar-refractivity contribution in [3.8, 4) is 167 Å². The lowest BCUT2D eigenvalue weighted by Crippen LogP contribution is -1.94. The van der Waals surface area contributed by atoms with Crippen molar-refractivity contribution in [1.29, 1.82) is 0 Å². The molecule has 0 heterocycles. The van der Waals surface area contributed by atoms with E-state index in [0.717, 1.165) is 0 Å². The number of benzene rings is 28. The quantitative estimate of drug-likeness (QED) is 0.0898. The standard InChI is InChI=1S/C42H28.2C38H26.C32H22/c1-2-15-29(16-3-1)32-20-6-8-22-35(32)41-37-24-10-12-26-39(37)42(40-27-13-11-25-38(40)41)36-23-9-7-21-34(36)33-28-14-18-30-17-4-5-19-31(30)33;1-3-15-27(16-4-1)29-19-7-9-21-31(29)37-33-23-11-13-25-35(33)38(36-26-14-12-24-34(36)37)32-22-10-8-20-30(32)28-17-5-2-6-18-28;1-3-13-27(14-4-1)28-23-25-30(26-24-28)37-33-19-9-11-21-35(33)38(36-22-12-10-20-34(36)37)32-18-8-7-17-31(32)29-15-5-2-6-16-29;1-3-13-23(14-4-1)25-17-7-8-18-26(25)32-29-21-11-9-19-27(29)31(24-15-5-2-6-16-24)28-20-10-12-22-30(28)32/h1-28H;2*1-26H;1-22H. The molecule has 28 rings (SSSR count). The first-order valence-corrected chi connectivity index (χ1v) is 51.9. The van der Waals surface area contributed by atoms with Crippen LogP contribution in [0, 0.1) is 0 Å². The maximum absolute atomic E-state index is 2.30. The molecule has 150 heavy (non-hydrogen) atoms. The van der Waals surface area contributed by atoms with Crippen molar-refractivity contribution in [3.63, 3.8) is 0 Å². The Kier molecular flexibility index (Phi) is 25.5. The Bertz CT molecular complexity index is 9450. The molecule has 702 valence electrons. The van der Waals surface area contributed by atoms with Gasteiger partial charge in [0.25, 0.3) is 0 Å². The number of hydrogen-bond acceptors (Lipinski definition) is 0. The SMILES string of the molecule is c1ccc(-c2ccc(-c3c4ccccc4c(-c4ccccc4-c4ccccc4)c4ccccc34)cc2)cc1.c1ccc(-c2ccccc2-c2c3ccccc3c(-c3ccccc3)c3ccccc23)cc1.c1ccc(-c2ccccc2-c2c3ccccc3c(-c3ccccc3-c3cccc4ccccc34)c3ccccc23)cc1.c1ccc(-c2ccccc2-c2c3ccccc3c(-c3ccccc3-c3ccccc3)c3ccccc23)cc1. The van der Waals surface area contributed by atoms with Crippen LogP contribution in [0.3, 0.4) is 0 Å². The van der Waals surface area contributed by atoms with Gasteiger partial charge in [-0.15, -0.1) is 0 Å². The van der Waals surface area contributed by atoms with Crippen LogP contribution in [-0.4, -0.2) is 0 Å². The van der Waals surface area contributed by atoms with Gasteiger partial charge in [0.2, 0.25) is 0 Å². The van der Waals surface area contributed by atoms with Gasteiger partial charge in [0.15, 0.2) is 0 Å². The Morgan fingerprint density at radius 3 is 0.427 bits per heavy atom. The Morgan fingerprint density at radius 2 is 0.193 bits per heavy atom. The lowest BCUT2D eigenvalue weighted by atomic mass is 9.82. The van der Waals surface area contributed by atoms with Crippen LogP contribution in [0.2, 0.25) is 0 Å². The molecule has 0 atom stereocenters. The van der Waals surface area contributed by atoms with E-state index in [1.54, 1.807) is 0 Å². The third kappa shape index (κ3) is 17.5. The van der Waals surface area contributed by atoms with E-state index in [1.165, 1.54) is 264 Å². The largest absolute Gasteiger partial charge is 0.0622 e. The summed E-state index contributed by atoms with van der Waals surface area (Å²) in [6.45, 7) is 0. The molecular weight excluding hydrogens is 1800 g/mol. The Labute approximate surface area is 876 Å². The maximum Gasteiger partial charge on any atom is -0.00201 e. The van der Waals surface area contributed by atoms with Gasteiger partial charge in [-0.3, -0.25) is 0 Å². The molecule has 0 saturated carbocycles. The lowest BCUT2D eigenvalue weighted by Gasteiger charge is -2.21. The minimum atomic E-state index is 1.23. The summed E-state index contributed by atoms with van der Waals surface area (Å²) in [5, 5.41) is 22.9. The highest BCUT2D eigenvalue weighted by atomic mass is 14.3. The summed E-state index contributed by atoms with van der Waals surface area (Å²) in [5.74, 6) is 0. The zero-order valence-corrected chi connectivity index (χ0v) is 82.9. The average molecular weight is 1900 g/mol. The van der Waals surface area contributed by atoms with E-state index in [2.05, 4.69) is 619 Å². The minimum absolute atomic E-state index is 1.23. The summed E-state index contributed by atoms with van der Waals surface area (Å²) in [6, 6.07) is 223. The molecule has 0 aromatic heterocycles. The predicted octanol–water partition coefficient (Wildman–Crippen LogP) is 42.1. The van der Waals surface area contributed by atoms with Crippen molar-refractivity contribution in [1.82, 2.24) is 0 Å². The maximum atomic E-state index is 2.30. The molecule has 0 aliphatic heterocycles. The molecule has 0 saturated heterocycles. The van der Waals surface area contributed by atoms with Crippen LogP contribution in [0.5, 0.6) is 0 Å². The van der Waals surface area contributed by atoms with Gasteiger partial charge in [0.1, 0.15) is 0 Å². The van der Waals surface area contributed by atoms with Crippen molar-refractivity contribution in [3.05, 3.63) is 619 Å². The van der Waals surface area contributed by atoms with E-state index in [0.29, 0.717) is 0 Å². The minimum Gasteiger partial charge on any atom is -0.0622 e. The van der Waals surface area contributed by atoms with Crippen LogP contribution >= 0.6 is 0 Å². The Hall–Kier alpha value is -19.5. The molecule has 28 aromatic rings. The molecule has 0 fully saturated rings. The van der Waals surface area contributed by atoms with Gasteiger partial charge in [-0.05, 0) is 264 Å². The molecule has 0 amide bonds. The summed E-state index contributed by atoms with van der Waals surface area (Å²) in [5.41, 5.74) is 37.8. The number of rotatable bonds is 15. The summed E-state index contributed by atoms with van der Waals surface area (Å²) in [7, 11) is 0. The van der Waals surface area contributed by atoms with Crippen molar-refractivity contribution in [2.45, 2.75) is 0 Å². The van der Waals surface area contributed by atoms with Crippen LogP contribution in [0.15, 0.2) is 619 Å². The molecule has 0 nitrogen and oxygen atoms in total. The van der Waals surface area contributed by atoms with Crippen molar-refractivity contribution in [2.24, 2.45) is 0 Å². The molecule has 0 spiro atoms. The van der Waals surface area contributed by atoms with Gasteiger partial charge < -0.3 is 0 Å². The van der Waals surface area contributed by atoms with E-state index < -0.39 is 0 Å². The van der Waals surface area contributed by atoms with Gasteiger partial charge in [0.05, 0.1) is 0 Å². The van der Waals surface area contributed by atoms with E-state index in [4.69, 9.17) is 0 Å². The van der Waals surface area contributed by atoms with Gasteiger partial charge in [-0.1, -0.05) is 619 Å². The van der Waals surface area contributed by atoms with Crippen molar-refractivity contribution >= 4 is 97.0 Å². The van der Waals surface area contributed by atoms with E-state index >= 15 is 0 Å². The first-order valence-electron chi connectivity index (χ1n) is 51.9. The predicted molar refractivity (Wildman–Crippen MR) is 645 cm³/mol. The summed E-state index contributed by atoms with van der Waals surface area (Å²) in [4.78, 5) is 0. The average Bonchev–Trinajstić information content (AvgIpc) is 0.726.